The first kappa shape index (κ1) is 27.9. The molecule has 228 valence electrons. The van der Waals surface area contributed by atoms with Crippen LogP contribution in [0.15, 0.2) is 36.4 Å². The summed E-state index contributed by atoms with van der Waals surface area (Å²) in [7, 11) is 0. The third kappa shape index (κ3) is 4.48. The fourth-order valence-electron chi connectivity index (χ4n) is 6.72. The number of carbonyl (C=O) groups is 1. The Morgan fingerprint density at radius 3 is 2.53 bits per heavy atom. The maximum atomic E-state index is 14.9. The Bertz CT molecular complexity index is 1630. The Kier molecular flexibility index (Phi) is 5.86. The van der Waals surface area contributed by atoms with E-state index in [1.807, 2.05) is 0 Å². The number of carboxylic acid groups (broad SMARTS) is 1. The molecular weight excluding hydrogens is 586 g/mol. The standard InChI is InChI=1S/C29H24F6N2O6/c1-14(15-5-8-19-22(9-15)43-29(34,35)42-19)40-21-10-16(6-7-18(21)30)37-23-17(24(36-37)28(31,32)33)3-2-4-20(23)41-27-11-26(12-27,13-27)25(38)39/h5-10,14,20H,2-4,11-13H2,1H3,(H,38,39)/t14-,20-,26?,27?/m0/s1. The number of ether oxygens (including phenoxy) is 4. The SMILES string of the molecule is C[C@H](Oc1cc(-n2nc(C(F)(F)F)c3c2[C@@H](OC24CC(C(=O)O)(C2)C4)CCC3)ccc1F)c1ccc2c(c1)OC(F)(F)O2. The smallest absolute Gasteiger partial charge is 0.483 e. The Balaban J connectivity index is 1.20. The first-order valence-corrected chi connectivity index (χ1v) is 13.6. The van der Waals surface area contributed by atoms with Crippen LogP contribution in [-0.2, 0) is 22.1 Å². The van der Waals surface area contributed by atoms with Gasteiger partial charge in [-0.2, -0.15) is 18.3 Å². The van der Waals surface area contributed by atoms with Gasteiger partial charge in [-0.1, -0.05) is 6.07 Å². The van der Waals surface area contributed by atoms with Gasteiger partial charge in [0.05, 0.1) is 22.4 Å². The van der Waals surface area contributed by atoms with Crippen molar-refractivity contribution in [3.63, 3.8) is 0 Å². The van der Waals surface area contributed by atoms with E-state index >= 15 is 0 Å². The third-order valence-corrected chi connectivity index (χ3v) is 8.68. The van der Waals surface area contributed by atoms with Crippen LogP contribution in [0.3, 0.4) is 0 Å². The number of aliphatic carboxylic acids is 1. The van der Waals surface area contributed by atoms with E-state index in [1.165, 1.54) is 37.3 Å². The molecule has 4 aliphatic carbocycles. The van der Waals surface area contributed by atoms with Gasteiger partial charge in [-0.25, -0.2) is 9.07 Å². The Morgan fingerprint density at radius 2 is 1.84 bits per heavy atom. The molecule has 1 N–H and O–H groups in total. The summed E-state index contributed by atoms with van der Waals surface area (Å²) >= 11 is 0. The molecule has 2 aromatic carbocycles. The minimum absolute atomic E-state index is 0.0133. The molecule has 2 heterocycles. The fourth-order valence-corrected chi connectivity index (χ4v) is 6.72. The molecule has 0 spiro atoms. The van der Waals surface area contributed by atoms with Crippen molar-refractivity contribution in [1.29, 1.82) is 0 Å². The van der Waals surface area contributed by atoms with Gasteiger partial charge in [-0.3, -0.25) is 4.79 Å². The molecule has 0 amide bonds. The van der Waals surface area contributed by atoms with Gasteiger partial charge in [0.2, 0.25) is 0 Å². The summed E-state index contributed by atoms with van der Waals surface area (Å²) in [4.78, 5) is 11.5. The molecule has 5 aliphatic rings. The van der Waals surface area contributed by atoms with Crippen LogP contribution in [0.4, 0.5) is 26.3 Å². The molecule has 0 radical (unpaired) electrons. The molecule has 1 aromatic heterocycles. The molecule has 14 heteroatoms. The molecule has 3 fully saturated rings. The average molecular weight is 611 g/mol. The zero-order valence-corrected chi connectivity index (χ0v) is 22.5. The highest BCUT2D eigenvalue weighted by molar-refractivity contribution is 5.79. The van der Waals surface area contributed by atoms with Crippen molar-refractivity contribution in [2.24, 2.45) is 5.41 Å². The van der Waals surface area contributed by atoms with E-state index in [4.69, 9.17) is 9.47 Å². The molecule has 43 heavy (non-hydrogen) atoms. The van der Waals surface area contributed by atoms with E-state index in [9.17, 15) is 36.2 Å². The number of halogens is 6. The number of hydrogen-bond donors (Lipinski definition) is 1. The number of nitrogens with zero attached hydrogens (tertiary/aromatic N) is 2. The van der Waals surface area contributed by atoms with Crippen molar-refractivity contribution in [2.75, 3.05) is 0 Å². The molecule has 3 aromatic rings. The molecule has 0 saturated heterocycles. The number of hydrogen-bond acceptors (Lipinski definition) is 6. The average Bonchev–Trinajstić information content (AvgIpc) is 3.42. The molecule has 2 bridgehead atoms. The van der Waals surface area contributed by atoms with Gasteiger partial charge in [0, 0.05) is 11.6 Å². The van der Waals surface area contributed by atoms with Gasteiger partial charge in [-0.05, 0) is 75.3 Å². The van der Waals surface area contributed by atoms with Crippen molar-refractivity contribution in [1.82, 2.24) is 9.78 Å². The Hall–Kier alpha value is -3.94. The third-order valence-electron chi connectivity index (χ3n) is 8.68. The van der Waals surface area contributed by atoms with E-state index in [0.717, 1.165) is 10.7 Å². The van der Waals surface area contributed by atoms with E-state index in [0.29, 0.717) is 37.7 Å². The van der Waals surface area contributed by atoms with Gasteiger partial charge in [0.1, 0.15) is 12.2 Å². The molecule has 3 saturated carbocycles. The van der Waals surface area contributed by atoms with Crippen LogP contribution in [0.1, 0.15) is 73.8 Å². The minimum atomic E-state index is -4.76. The zero-order valence-electron chi connectivity index (χ0n) is 22.5. The maximum Gasteiger partial charge on any atom is 0.586 e. The quantitative estimate of drug-likeness (QED) is 0.291. The first-order valence-electron chi connectivity index (χ1n) is 13.6. The summed E-state index contributed by atoms with van der Waals surface area (Å²) in [6.45, 7) is 1.54. The summed E-state index contributed by atoms with van der Waals surface area (Å²) in [6, 6.07) is 7.49. The van der Waals surface area contributed by atoms with Crippen LogP contribution in [0.2, 0.25) is 0 Å². The predicted octanol–water partition coefficient (Wildman–Crippen LogP) is 6.89. The highest BCUT2D eigenvalue weighted by Gasteiger charge is 2.73. The van der Waals surface area contributed by atoms with Crippen LogP contribution >= 0.6 is 0 Å². The van der Waals surface area contributed by atoms with E-state index in [1.54, 1.807) is 0 Å². The number of alkyl halides is 5. The van der Waals surface area contributed by atoms with Gasteiger partial charge in [0.15, 0.2) is 28.8 Å². The largest absolute Gasteiger partial charge is 0.586 e. The predicted molar refractivity (Wildman–Crippen MR) is 134 cm³/mol. The number of benzene rings is 2. The topological polar surface area (TPSA) is 92.0 Å². The van der Waals surface area contributed by atoms with Crippen molar-refractivity contribution >= 4 is 5.97 Å². The number of fused-ring (bicyclic) bond motifs is 2. The van der Waals surface area contributed by atoms with Crippen LogP contribution in [0, 0.1) is 11.2 Å². The number of rotatable bonds is 7. The summed E-state index contributed by atoms with van der Waals surface area (Å²) < 4.78 is 106. The lowest BCUT2D eigenvalue weighted by Crippen LogP contribution is -2.71. The highest BCUT2D eigenvalue weighted by Crippen LogP contribution is 2.70. The second kappa shape index (κ2) is 9.04. The lowest BCUT2D eigenvalue weighted by atomic mass is 9.41. The molecular formula is C29H24F6N2O6. The number of carboxylic acids is 1. The normalized spacial score (nSPS) is 27.1. The van der Waals surface area contributed by atoms with Crippen molar-refractivity contribution in [2.45, 2.75) is 75.7 Å². The van der Waals surface area contributed by atoms with Crippen LogP contribution in [0.25, 0.3) is 5.69 Å². The maximum absolute atomic E-state index is 14.9. The Labute approximate surface area is 240 Å². The lowest BCUT2D eigenvalue weighted by Gasteiger charge is -2.67. The molecule has 8 rings (SSSR count). The molecule has 0 unspecified atom stereocenters. The molecule has 8 nitrogen and oxygen atoms in total. The fraction of sp³-hybridized carbons (Fsp3) is 0.448. The summed E-state index contributed by atoms with van der Waals surface area (Å²) in [5.41, 5.74) is -1.97. The van der Waals surface area contributed by atoms with Crippen molar-refractivity contribution < 1.29 is 55.2 Å². The first-order chi connectivity index (χ1) is 20.2. The van der Waals surface area contributed by atoms with Gasteiger partial charge >= 0.3 is 18.4 Å². The van der Waals surface area contributed by atoms with Gasteiger partial charge in [-0.15, -0.1) is 8.78 Å². The zero-order chi connectivity index (χ0) is 30.5. The number of aromatic nitrogens is 2. The second-order valence-electron chi connectivity index (χ2n) is 11.7. The highest BCUT2D eigenvalue weighted by atomic mass is 19.4. The second-order valence-corrected chi connectivity index (χ2v) is 11.7. The van der Waals surface area contributed by atoms with Gasteiger partial charge < -0.3 is 24.1 Å². The van der Waals surface area contributed by atoms with E-state index in [2.05, 4.69) is 14.6 Å². The minimum Gasteiger partial charge on any atom is -0.483 e. The van der Waals surface area contributed by atoms with E-state index < -0.39 is 53.2 Å². The van der Waals surface area contributed by atoms with E-state index in [-0.39, 0.29) is 40.6 Å². The van der Waals surface area contributed by atoms with Crippen LogP contribution in [-0.4, -0.2) is 32.8 Å². The van der Waals surface area contributed by atoms with Crippen molar-refractivity contribution in [3.05, 3.63) is 64.7 Å². The summed E-state index contributed by atoms with van der Waals surface area (Å²) in [5.74, 6) is -2.41. The Morgan fingerprint density at radius 1 is 1.12 bits per heavy atom. The van der Waals surface area contributed by atoms with Crippen molar-refractivity contribution in [3.8, 4) is 22.9 Å². The lowest BCUT2D eigenvalue weighted by molar-refractivity contribution is -0.300. The summed E-state index contributed by atoms with van der Waals surface area (Å²) in [5, 5.41) is 13.4. The molecule has 1 aliphatic heterocycles. The van der Waals surface area contributed by atoms with Gasteiger partial charge in [0.25, 0.3) is 0 Å². The molecule has 2 atom stereocenters. The van der Waals surface area contributed by atoms with Crippen LogP contribution < -0.4 is 14.2 Å². The monoisotopic (exact) mass is 610 g/mol. The van der Waals surface area contributed by atoms with Crippen LogP contribution in [0.5, 0.6) is 17.2 Å². The summed E-state index contributed by atoms with van der Waals surface area (Å²) in [6.07, 6.45) is -8.41.